The first-order chi connectivity index (χ1) is 6.47. The van der Waals surface area contributed by atoms with Crippen LogP contribution in [0.2, 0.25) is 0 Å². The predicted octanol–water partition coefficient (Wildman–Crippen LogP) is 3.23. The summed E-state index contributed by atoms with van der Waals surface area (Å²) in [5.41, 5.74) is 0.507. The minimum Gasteiger partial charge on any atom is -0.396 e. The van der Waals surface area contributed by atoms with Crippen molar-refractivity contribution in [3.63, 3.8) is 0 Å². The van der Waals surface area contributed by atoms with Crippen molar-refractivity contribution in [3.8, 4) is 0 Å². The van der Waals surface area contributed by atoms with Crippen LogP contribution in [-0.4, -0.2) is 11.7 Å². The maximum absolute atomic E-state index is 13.4. The Morgan fingerprint density at radius 2 is 2.07 bits per heavy atom. The van der Waals surface area contributed by atoms with Crippen LogP contribution in [0.3, 0.4) is 0 Å². The molecule has 0 aliphatic heterocycles. The van der Waals surface area contributed by atoms with E-state index in [9.17, 15) is 8.78 Å². The summed E-state index contributed by atoms with van der Waals surface area (Å²) in [7, 11) is 0. The van der Waals surface area contributed by atoms with Crippen LogP contribution < -0.4 is 0 Å². The fourth-order valence-electron chi connectivity index (χ4n) is 1.31. The highest BCUT2D eigenvalue weighted by Crippen LogP contribution is 2.34. The Morgan fingerprint density at radius 1 is 1.43 bits per heavy atom. The first-order valence-corrected chi connectivity index (χ1v) is 5.02. The SMILES string of the molecule is Cc1cc(Br)ccc1C(F)(F)CCO. The average Bonchev–Trinajstić information content (AvgIpc) is 2.02. The van der Waals surface area contributed by atoms with E-state index in [1.165, 1.54) is 6.07 Å². The Kier molecular flexibility index (Phi) is 3.61. The third-order valence-electron chi connectivity index (χ3n) is 2.01. The molecule has 1 aromatic carbocycles. The topological polar surface area (TPSA) is 20.2 Å². The molecule has 0 atom stereocenters. The van der Waals surface area contributed by atoms with Crippen LogP contribution in [0.1, 0.15) is 17.5 Å². The quantitative estimate of drug-likeness (QED) is 0.889. The zero-order valence-electron chi connectivity index (χ0n) is 7.73. The molecule has 0 fully saturated rings. The second kappa shape index (κ2) is 4.36. The fourth-order valence-corrected chi connectivity index (χ4v) is 1.79. The predicted molar refractivity (Wildman–Crippen MR) is 54.5 cm³/mol. The number of hydrogen-bond donors (Lipinski definition) is 1. The molecule has 4 heteroatoms. The first-order valence-electron chi connectivity index (χ1n) is 4.22. The molecule has 0 heterocycles. The van der Waals surface area contributed by atoms with Gasteiger partial charge >= 0.3 is 0 Å². The molecule has 0 saturated carbocycles. The molecule has 14 heavy (non-hydrogen) atoms. The van der Waals surface area contributed by atoms with Gasteiger partial charge in [0.1, 0.15) is 0 Å². The van der Waals surface area contributed by atoms with Crippen LogP contribution in [0, 0.1) is 6.92 Å². The van der Waals surface area contributed by atoms with Crippen molar-refractivity contribution >= 4 is 15.9 Å². The van der Waals surface area contributed by atoms with Crippen LogP contribution in [0.4, 0.5) is 8.78 Å². The van der Waals surface area contributed by atoms with Gasteiger partial charge in [0.05, 0.1) is 0 Å². The van der Waals surface area contributed by atoms with Crippen molar-refractivity contribution in [3.05, 3.63) is 33.8 Å². The largest absolute Gasteiger partial charge is 0.396 e. The van der Waals surface area contributed by atoms with Gasteiger partial charge in [-0.25, -0.2) is 8.78 Å². The first kappa shape index (κ1) is 11.6. The van der Waals surface area contributed by atoms with Crippen LogP contribution >= 0.6 is 15.9 Å². The van der Waals surface area contributed by atoms with Gasteiger partial charge in [-0.1, -0.05) is 22.0 Å². The highest BCUT2D eigenvalue weighted by Gasteiger charge is 2.32. The molecule has 1 N–H and O–H groups in total. The number of aliphatic hydroxyl groups excluding tert-OH is 1. The Balaban J connectivity index is 3.06. The summed E-state index contributed by atoms with van der Waals surface area (Å²) < 4.78 is 27.5. The summed E-state index contributed by atoms with van der Waals surface area (Å²) in [5.74, 6) is -2.94. The molecule has 0 aromatic heterocycles. The number of hydrogen-bond acceptors (Lipinski definition) is 1. The summed E-state index contributed by atoms with van der Waals surface area (Å²) in [6.07, 6.45) is -0.532. The lowest BCUT2D eigenvalue weighted by atomic mass is 10.0. The summed E-state index contributed by atoms with van der Waals surface area (Å²) in [5, 5.41) is 8.52. The van der Waals surface area contributed by atoms with E-state index in [-0.39, 0.29) is 5.56 Å². The third kappa shape index (κ3) is 2.51. The van der Waals surface area contributed by atoms with E-state index in [2.05, 4.69) is 15.9 Å². The Morgan fingerprint density at radius 3 is 2.57 bits per heavy atom. The monoisotopic (exact) mass is 264 g/mol. The number of aryl methyl sites for hydroxylation is 1. The Labute approximate surface area is 89.9 Å². The van der Waals surface area contributed by atoms with E-state index in [0.717, 1.165) is 4.47 Å². The lowest BCUT2D eigenvalue weighted by Gasteiger charge is -2.17. The fraction of sp³-hybridized carbons (Fsp3) is 0.400. The molecule has 1 rings (SSSR count). The molecule has 0 unspecified atom stereocenters. The van der Waals surface area contributed by atoms with E-state index in [1.54, 1.807) is 19.1 Å². The molecule has 0 aliphatic carbocycles. The van der Waals surface area contributed by atoms with Crippen LogP contribution in [-0.2, 0) is 5.92 Å². The van der Waals surface area contributed by atoms with Crippen molar-refractivity contribution in [2.24, 2.45) is 0 Å². The molecule has 1 aromatic rings. The molecule has 0 amide bonds. The van der Waals surface area contributed by atoms with Gasteiger partial charge in [0.15, 0.2) is 0 Å². The summed E-state index contributed by atoms with van der Waals surface area (Å²) in [6, 6.07) is 4.60. The average molecular weight is 265 g/mol. The summed E-state index contributed by atoms with van der Waals surface area (Å²) in [6.45, 7) is 1.12. The molecule has 0 spiro atoms. The van der Waals surface area contributed by atoms with Crippen molar-refractivity contribution in [1.29, 1.82) is 0 Å². The molecule has 1 nitrogen and oxygen atoms in total. The molecular formula is C10H11BrF2O. The zero-order valence-corrected chi connectivity index (χ0v) is 9.31. The van der Waals surface area contributed by atoms with Gasteiger partial charge in [0.25, 0.3) is 5.92 Å². The zero-order chi connectivity index (χ0) is 10.8. The molecule has 0 bridgehead atoms. The maximum Gasteiger partial charge on any atom is 0.275 e. The van der Waals surface area contributed by atoms with E-state index in [4.69, 9.17) is 5.11 Å². The summed E-state index contributed by atoms with van der Waals surface area (Å²) in [4.78, 5) is 0. The van der Waals surface area contributed by atoms with Crippen molar-refractivity contribution in [2.75, 3.05) is 6.61 Å². The molecule has 0 radical (unpaired) electrons. The number of rotatable bonds is 3. The number of benzene rings is 1. The molecule has 0 aliphatic rings. The Hall–Kier alpha value is -0.480. The number of aliphatic hydroxyl groups is 1. The van der Waals surface area contributed by atoms with E-state index in [0.29, 0.717) is 5.56 Å². The van der Waals surface area contributed by atoms with Crippen molar-refractivity contribution in [2.45, 2.75) is 19.3 Å². The number of halogens is 3. The standard InChI is InChI=1S/C10H11BrF2O/c1-7-6-8(11)2-3-9(7)10(12,13)4-5-14/h2-3,6,14H,4-5H2,1H3. The Bertz CT molecular complexity index is 326. The second-order valence-electron chi connectivity index (χ2n) is 3.14. The van der Waals surface area contributed by atoms with Gasteiger partial charge in [-0.2, -0.15) is 0 Å². The normalized spacial score (nSPS) is 11.8. The lowest BCUT2D eigenvalue weighted by Crippen LogP contribution is -2.16. The van der Waals surface area contributed by atoms with Gasteiger partial charge < -0.3 is 5.11 Å². The maximum atomic E-state index is 13.4. The molecular weight excluding hydrogens is 254 g/mol. The van der Waals surface area contributed by atoms with E-state index >= 15 is 0 Å². The highest BCUT2D eigenvalue weighted by molar-refractivity contribution is 9.10. The molecule has 0 saturated heterocycles. The van der Waals surface area contributed by atoms with Gasteiger partial charge in [0, 0.05) is 23.1 Å². The highest BCUT2D eigenvalue weighted by atomic mass is 79.9. The van der Waals surface area contributed by atoms with Gasteiger partial charge in [-0.05, 0) is 24.6 Å². The van der Waals surface area contributed by atoms with E-state index < -0.39 is 19.0 Å². The van der Waals surface area contributed by atoms with Crippen molar-refractivity contribution < 1.29 is 13.9 Å². The van der Waals surface area contributed by atoms with Crippen LogP contribution in [0.5, 0.6) is 0 Å². The van der Waals surface area contributed by atoms with Gasteiger partial charge in [-0.3, -0.25) is 0 Å². The third-order valence-corrected chi connectivity index (χ3v) is 2.50. The minimum absolute atomic E-state index is 0.0187. The van der Waals surface area contributed by atoms with Gasteiger partial charge in [0.2, 0.25) is 0 Å². The van der Waals surface area contributed by atoms with Gasteiger partial charge in [-0.15, -0.1) is 0 Å². The summed E-state index contributed by atoms with van der Waals surface area (Å²) >= 11 is 3.21. The van der Waals surface area contributed by atoms with Crippen LogP contribution in [0.15, 0.2) is 22.7 Å². The second-order valence-corrected chi connectivity index (χ2v) is 4.05. The van der Waals surface area contributed by atoms with E-state index in [1.807, 2.05) is 0 Å². The van der Waals surface area contributed by atoms with Crippen LogP contribution in [0.25, 0.3) is 0 Å². The number of alkyl halides is 2. The molecule has 78 valence electrons. The smallest absolute Gasteiger partial charge is 0.275 e. The van der Waals surface area contributed by atoms with Crippen molar-refractivity contribution in [1.82, 2.24) is 0 Å². The minimum atomic E-state index is -2.94. The lowest BCUT2D eigenvalue weighted by molar-refractivity contribution is -0.0275.